The summed E-state index contributed by atoms with van der Waals surface area (Å²) >= 11 is 0. The van der Waals surface area contributed by atoms with E-state index in [0.29, 0.717) is 6.54 Å². The number of nitrogens with zero attached hydrogens (tertiary/aromatic N) is 1. The third kappa shape index (κ3) is 4.29. The molecule has 1 aromatic rings. The molecule has 0 aliphatic heterocycles. The number of hydrogen-bond acceptors (Lipinski definition) is 1. The Morgan fingerprint density at radius 3 is 2.50 bits per heavy atom. The maximum absolute atomic E-state index is 12.7. The molecule has 0 amide bonds. The Bertz CT molecular complexity index is 333. The number of hydrogen-bond donors (Lipinski definition) is 2. The molecule has 0 aliphatic carbocycles. The van der Waals surface area contributed by atoms with Crippen LogP contribution in [0.25, 0.3) is 0 Å². The van der Waals surface area contributed by atoms with Crippen LogP contribution in [0, 0.1) is 5.82 Å². The van der Waals surface area contributed by atoms with Gasteiger partial charge in [0.15, 0.2) is 5.96 Å². The van der Waals surface area contributed by atoms with Gasteiger partial charge in [0.2, 0.25) is 0 Å². The minimum absolute atomic E-state index is 0.211. The van der Waals surface area contributed by atoms with Crippen molar-refractivity contribution in [2.24, 2.45) is 4.99 Å². The molecule has 2 N–H and O–H groups in total. The van der Waals surface area contributed by atoms with Crippen LogP contribution in [0.4, 0.5) is 4.39 Å². The molecule has 0 aliphatic rings. The van der Waals surface area contributed by atoms with E-state index < -0.39 is 0 Å². The number of rotatable bonds is 4. The number of benzene rings is 1. The highest BCUT2D eigenvalue weighted by Gasteiger charge is 1.97. The first-order chi connectivity index (χ1) is 7.76. The molecule has 4 heteroatoms. The van der Waals surface area contributed by atoms with Gasteiger partial charge in [-0.3, -0.25) is 4.99 Å². The molecule has 1 rings (SSSR count). The van der Waals surface area contributed by atoms with Gasteiger partial charge in [-0.15, -0.1) is 0 Å². The zero-order chi connectivity index (χ0) is 11.8. The third-order valence-electron chi connectivity index (χ3n) is 2.14. The van der Waals surface area contributed by atoms with E-state index in [2.05, 4.69) is 22.5 Å². The molecule has 0 radical (unpaired) electrons. The lowest BCUT2D eigenvalue weighted by Crippen LogP contribution is -2.37. The summed E-state index contributed by atoms with van der Waals surface area (Å²) < 4.78 is 12.7. The van der Waals surface area contributed by atoms with E-state index in [1.807, 2.05) is 0 Å². The highest BCUT2D eigenvalue weighted by molar-refractivity contribution is 5.79. The fraction of sp³-hybridized carbons (Fsp3) is 0.417. The van der Waals surface area contributed by atoms with Crippen molar-refractivity contribution in [3.8, 4) is 0 Å². The third-order valence-corrected chi connectivity index (χ3v) is 2.14. The van der Waals surface area contributed by atoms with Gasteiger partial charge in [0.05, 0.1) is 0 Å². The van der Waals surface area contributed by atoms with Gasteiger partial charge in [0, 0.05) is 20.1 Å². The van der Waals surface area contributed by atoms with Crippen LogP contribution in [0.15, 0.2) is 29.3 Å². The van der Waals surface area contributed by atoms with Crippen LogP contribution < -0.4 is 10.6 Å². The molecule has 0 saturated carbocycles. The molecular formula is C12H18FN3. The van der Waals surface area contributed by atoms with Gasteiger partial charge in [-0.05, 0) is 24.1 Å². The number of halogens is 1. The summed E-state index contributed by atoms with van der Waals surface area (Å²) in [5, 5.41) is 6.32. The Kier molecular flexibility index (Phi) is 5.32. The zero-order valence-electron chi connectivity index (χ0n) is 9.76. The van der Waals surface area contributed by atoms with Crippen LogP contribution >= 0.6 is 0 Å². The predicted octanol–water partition coefficient (Wildman–Crippen LogP) is 1.90. The van der Waals surface area contributed by atoms with Gasteiger partial charge in [-0.25, -0.2) is 4.39 Å². The Labute approximate surface area is 95.8 Å². The summed E-state index contributed by atoms with van der Waals surface area (Å²) in [5.41, 5.74) is 1.03. The Morgan fingerprint density at radius 1 is 1.25 bits per heavy atom. The average Bonchev–Trinajstić information content (AvgIpc) is 2.32. The molecule has 1 aromatic carbocycles. The molecule has 0 atom stereocenters. The summed E-state index contributed by atoms with van der Waals surface area (Å²) in [5.74, 6) is 0.559. The maximum atomic E-state index is 12.7. The average molecular weight is 223 g/mol. The summed E-state index contributed by atoms with van der Waals surface area (Å²) in [7, 11) is 1.73. The van der Waals surface area contributed by atoms with Crippen molar-refractivity contribution in [2.45, 2.75) is 19.9 Å². The molecule has 3 nitrogen and oxygen atoms in total. The fourth-order valence-electron chi connectivity index (χ4n) is 1.25. The molecule has 0 aromatic heterocycles. The van der Waals surface area contributed by atoms with Crippen molar-refractivity contribution in [3.05, 3.63) is 35.6 Å². The Hall–Kier alpha value is -1.58. The molecule has 0 saturated heterocycles. The monoisotopic (exact) mass is 223 g/mol. The van der Waals surface area contributed by atoms with Crippen molar-refractivity contribution in [1.82, 2.24) is 10.6 Å². The van der Waals surface area contributed by atoms with Crippen LogP contribution in [-0.2, 0) is 6.54 Å². The molecule has 88 valence electrons. The smallest absolute Gasteiger partial charge is 0.191 e. The standard InChI is InChI=1S/C12H18FN3/c1-3-8-15-12(14-2)16-9-10-4-6-11(13)7-5-10/h4-7H,3,8-9H2,1-2H3,(H2,14,15,16). The van der Waals surface area contributed by atoms with Gasteiger partial charge in [0.25, 0.3) is 0 Å². The first-order valence-electron chi connectivity index (χ1n) is 5.45. The first-order valence-corrected chi connectivity index (χ1v) is 5.45. The minimum Gasteiger partial charge on any atom is -0.356 e. The topological polar surface area (TPSA) is 36.4 Å². The maximum Gasteiger partial charge on any atom is 0.191 e. The summed E-state index contributed by atoms with van der Waals surface area (Å²) in [6.07, 6.45) is 1.05. The van der Waals surface area contributed by atoms with E-state index in [1.165, 1.54) is 12.1 Å². The normalized spacial score (nSPS) is 11.3. The lowest BCUT2D eigenvalue weighted by atomic mass is 10.2. The van der Waals surface area contributed by atoms with Crippen LogP contribution in [0.3, 0.4) is 0 Å². The second-order valence-corrected chi connectivity index (χ2v) is 3.48. The first kappa shape index (κ1) is 12.5. The quantitative estimate of drug-likeness (QED) is 0.604. The minimum atomic E-state index is -0.211. The molecule has 0 spiro atoms. The summed E-state index contributed by atoms with van der Waals surface area (Å²) in [6.45, 7) is 3.63. The molecular weight excluding hydrogens is 205 g/mol. The second-order valence-electron chi connectivity index (χ2n) is 3.48. The summed E-state index contributed by atoms with van der Waals surface area (Å²) in [4.78, 5) is 4.08. The molecule has 0 heterocycles. The SMILES string of the molecule is CCCNC(=NC)NCc1ccc(F)cc1. The lowest BCUT2D eigenvalue weighted by Gasteiger charge is -2.10. The van der Waals surface area contributed by atoms with E-state index >= 15 is 0 Å². The predicted molar refractivity (Wildman–Crippen MR) is 64.9 cm³/mol. The van der Waals surface area contributed by atoms with Crippen LogP contribution in [0.5, 0.6) is 0 Å². The van der Waals surface area contributed by atoms with Crippen molar-refractivity contribution >= 4 is 5.96 Å². The van der Waals surface area contributed by atoms with Crippen molar-refractivity contribution in [1.29, 1.82) is 0 Å². The van der Waals surface area contributed by atoms with Gasteiger partial charge >= 0.3 is 0 Å². The van der Waals surface area contributed by atoms with Crippen molar-refractivity contribution in [2.75, 3.05) is 13.6 Å². The zero-order valence-corrected chi connectivity index (χ0v) is 9.76. The van der Waals surface area contributed by atoms with Gasteiger partial charge in [0.1, 0.15) is 5.82 Å². The summed E-state index contributed by atoms with van der Waals surface area (Å²) in [6, 6.07) is 6.43. The van der Waals surface area contributed by atoms with E-state index in [0.717, 1.165) is 24.5 Å². The largest absolute Gasteiger partial charge is 0.356 e. The van der Waals surface area contributed by atoms with Gasteiger partial charge < -0.3 is 10.6 Å². The second kappa shape index (κ2) is 6.82. The molecule has 16 heavy (non-hydrogen) atoms. The van der Waals surface area contributed by atoms with Crippen LogP contribution in [-0.4, -0.2) is 19.6 Å². The Morgan fingerprint density at radius 2 is 1.94 bits per heavy atom. The molecule has 0 fully saturated rings. The van der Waals surface area contributed by atoms with Gasteiger partial charge in [-0.1, -0.05) is 19.1 Å². The van der Waals surface area contributed by atoms with E-state index in [9.17, 15) is 4.39 Å². The lowest BCUT2D eigenvalue weighted by molar-refractivity contribution is 0.626. The number of guanidine groups is 1. The van der Waals surface area contributed by atoms with E-state index in [1.54, 1.807) is 19.2 Å². The number of aliphatic imine (C=N–C) groups is 1. The van der Waals surface area contributed by atoms with E-state index in [4.69, 9.17) is 0 Å². The molecule has 0 bridgehead atoms. The van der Waals surface area contributed by atoms with Crippen molar-refractivity contribution < 1.29 is 4.39 Å². The van der Waals surface area contributed by atoms with Crippen LogP contribution in [0.2, 0.25) is 0 Å². The Balaban J connectivity index is 2.40. The fourth-order valence-corrected chi connectivity index (χ4v) is 1.25. The highest BCUT2D eigenvalue weighted by Crippen LogP contribution is 2.01. The highest BCUT2D eigenvalue weighted by atomic mass is 19.1. The van der Waals surface area contributed by atoms with Crippen LogP contribution in [0.1, 0.15) is 18.9 Å². The molecule has 0 unspecified atom stereocenters. The van der Waals surface area contributed by atoms with Crippen molar-refractivity contribution in [3.63, 3.8) is 0 Å². The van der Waals surface area contributed by atoms with E-state index in [-0.39, 0.29) is 5.82 Å². The number of nitrogens with one attached hydrogen (secondary N) is 2. The van der Waals surface area contributed by atoms with Gasteiger partial charge in [-0.2, -0.15) is 0 Å².